The Morgan fingerprint density at radius 3 is 2.71 bits per heavy atom. The van der Waals surface area contributed by atoms with Gasteiger partial charge in [-0.15, -0.1) is 0 Å². The van der Waals surface area contributed by atoms with E-state index in [1.165, 1.54) is 0 Å². The summed E-state index contributed by atoms with van der Waals surface area (Å²) in [5, 5.41) is 7.56. The van der Waals surface area contributed by atoms with Gasteiger partial charge in [0.15, 0.2) is 0 Å². The number of aromatic nitrogens is 2. The fraction of sp³-hybridized carbons (Fsp3) is 0.643. The second-order valence-corrected chi connectivity index (χ2v) is 5.40. The van der Waals surface area contributed by atoms with Crippen LogP contribution >= 0.6 is 0 Å². The molecule has 0 unspecified atom stereocenters. The number of nitrogens with one attached hydrogen (secondary N) is 1. The number of nitrogens with zero attached hydrogens (tertiary/aromatic N) is 3. The number of piperidine rings is 1. The number of primary amides is 1. The molecule has 2 amide bonds. The number of rotatable bonds is 5. The van der Waals surface area contributed by atoms with Crippen LogP contribution in [0, 0.1) is 0 Å². The van der Waals surface area contributed by atoms with Crippen LogP contribution in [0.25, 0.3) is 0 Å². The van der Waals surface area contributed by atoms with Crippen LogP contribution in [-0.4, -0.2) is 52.2 Å². The van der Waals surface area contributed by atoms with Crippen LogP contribution in [0.1, 0.15) is 35.8 Å². The van der Waals surface area contributed by atoms with Crippen molar-refractivity contribution in [3.8, 4) is 0 Å². The maximum Gasteiger partial charge on any atom is 0.258 e. The van der Waals surface area contributed by atoms with Crippen LogP contribution in [0.5, 0.6) is 0 Å². The van der Waals surface area contributed by atoms with Crippen LogP contribution in [0.3, 0.4) is 0 Å². The van der Waals surface area contributed by atoms with Crippen molar-refractivity contribution < 1.29 is 9.59 Å². The number of amides is 2. The zero-order chi connectivity index (χ0) is 15.4. The number of hydrogen-bond donors (Lipinski definition) is 2. The Hall–Kier alpha value is -1.89. The molecule has 7 heteroatoms. The number of hydrogen-bond acceptors (Lipinski definition) is 4. The first-order valence-corrected chi connectivity index (χ1v) is 7.35. The Labute approximate surface area is 124 Å². The Balaban J connectivity index is 2.26. The summed E-state index contributed by atoms with van der Waals surface area (Å²) in [4.78, 5) is 25.8. The van der Waals surface area contributed by atoms with Gasteiger partial charge in [-0.3, -0.25) is 14.3 Å². The highest BCUT2D eigenvalue weighted by molar-refractivity contribution is 5.97. The lowest BCUT2D eigenvalue weighted by molar-refractivity contribution is -0.119. The van der Waals surface area contributed by atoms with Gasteiger partial charge in [-0.25, -0.2) is 0 Å². The Bertz CT molecular complexity index is 519. The second-order valence-electron chi connectivity index (χ2n) is 5.40. The first kappa shape index (κ1) is 15.5. The Kier molecular flexibility index (Phi) is 4.95. The minimum absolute atomic E-state index is 0.0401. The third kappa shape index (κ3) is 3.60. The summed E-state index contributed by atoms with van der Waals surface area (Å²) in [7, 11) is 1.79. The lowest BCUT2D eigenvalue weighted by atomic mass is 10.0. The van der Waals surface area contributed by atoms with Crippen LogP contribution in [-0.2, 0) is 18.3 Å². The quantitative estimate of drug-likeness (QED) is 0.777. The van der Waals surface area contributed by atoms with Gasteiger partial charge in [0.1, 0.15) is 0 Å². The summed E-state index contributed by atoms with van der Waals surface area (Å²) in [6.07, 6.45) is 4.07. The molecule has 0 aliphatic carbocycles. The van der Waals surface area contributed by atoms with E-state index in [4.69, 9.17) is 5.73 Å². The summed E-state index contributed by atoms with van der Waals surface area (Å²) >= 11 is 0. The minimum atomic E-state index is -0.483. The van der Waals surface area contributed by atoms with Gasteiger partial charge in [-0.1, -0.05) is 6.92 Å². The van der Waals surface area contributed by atoms with Crippen molar-refractivity contribution in [2.75, 3.05) is 19.6 Å². The van der Waals surface area contributed by atoms with Crippen molar-refractivity contribution in [3.63, 3.8) is 0 Å². The average molecular weight is 293 g/mol. The van der Waals surface area contributed by atoms with Crippen LogP contribution in [0.2, 0.25) is 0 Å². The molecule has 0 atom stereocenters. The summed E-state index contributed by atoms with van der Waals surface area (Å²) in [6, 6.07) is 0.0520. The smallest absolute Gasteiger partial charge is 0.258 e. The minimum Gasteiger partial charge on any atom is -0.368 e. The predicted octanol–water partition coefficient (Wildman–Crippen LogP) is -0.338. The maximum absolute atomic E-state index is 12.8. The number of carbonyl (C=O) groups is 2. The van der Waals surface area contributed by atoms with Crippen molar-refractivity contribution in [1.82, 2.24) is 20.0 Å². The van der Waals surface area contributed by atoms with Crippen molar-refractivity contribution >= 4 is 11.8 Å². The zero-order valence-corrected chi connectivity index (χ0v) is 12.6. The molecule has 3 N–H and O–H groups in total. The van der Waals surface area contributed by atoms with Gasteiger partial charge in [0.05, 0.1) is 17.8 Å². The van der Waals surface area contributed by atoms with Crippen molar-refractivity contribution in [2.45, 2.75) is 32.2 Å². The topological polar surface area (TPSA) is 93.2 Å². The zero-order valence-electron chi connectivity index (χ0n) is 12.6. The van der Waals surface area contributed by atoms with E-state index >= 15 is 0 Å². The number of aryl methyl sites for hydroxylation is 2. The lowest BCUT2D eigenvalue weighted by Gasteiger charge is -2.33. The predicted molar refractivity (Wildman–Crippen MR) is 78.7 cm³/mol. The normalized spacial score (nSPS) is 15.9. The fourth-order valence-corrected chi connectivity index (χ4v) is 2.78. The molecule has 0 saturated carbocycles. The largest absolute Gasteiger partial charge is 0.368 e. The van der Waals surface area contributed by atoms with Gasteiger partial charge in [0, 0.05) is 19.3 Å². The van der Waals surface area contributed by atoms with Gasteiger partial charge in [-0.05, 0) is 32.4 Å². The number of nitrogens with two attached hydrogens (primary N) is 1. The van der Waals surface area contributed by atoms with E-state index in [-0.39, 0.29) is 18.5 Å². The molecule has 1 fully saturated rings. The molecule has 1 aromatic rings. The van der Waals surface area contributed by atoms with E-state index in [1.807, 2.05) is 6.92 Å². The maximum atomic E-state index is 12.8. The van der Waals surface area contributed by atoms with Crippen LogP contribution in [0.4, 0.5) is 0 Å². The van der Waals surface area contributed by atoms with E-state index in [0.717, 1.165) is 31.6 Å². The molecule has 1 aromatic heterocycles. The molecule has 116 valence electrons. The molecule has 21 heavy (non-hydrogen) atoms. The Morgan fingerprint density at radius 2 is 2.14 bits per heavy atom. The standard InChI is InChI=1S/C14H23N5O2/c1-3-12-11(8-18(2)17-12)14(21)19(9-13(15)20)10-4-6-16-7-5-10/h8,10,16H,3-7,9H2,1-2H3,(H2,15,20). The lowest BCUT2D eigenvalue weighted by Crippen LogP contribution is -2.49. The van der Waals surface area contributed by atoms with Crippen LogP contribution < -0.4 is 11.1 Å². The molecule has 2 heterocycles. The van der Waals surface area contributed by atoms with E-state index < -0.39 is 5.91 Å². The molecule has 0 radical (unpaired) electrons. The van der Waals surface area contributed by atoms with E-state index in [9.17, 15) is 9.59 Å². The van der Waals surface area contributed by atoms with Crippen molar-refractivity contribution in [1.29, 1.82) is 0 Å². The molecule has 1 saturated heterocycles. The third-order valence-electron chi connectivity index (χ3n) is 3.81. The van der Waals surface area contributed by atoms with E-state index in [0.29, 0.717) is 12.0 Å². The molecule has 7 nitrogen and oxygen atoms in total. The fourth-order valence-electron chi connectivity index (χ4n) is 2.78. The van der Waals surface area contributed by atoms with Crippen molar-refractivity contribution in [2.24, 2.45) is 12.8 Å². The van der Waals surface area contributed by atoms with Gasteiger partial charge >= 0.3 is 0 Å². The summed E-state index contributed by atoms with van der Waals surface area (Å²) in [5.41, 5.74) is 6.65. The van der Waals surface area contributed by atoms with Crippen LogP contribution in [0.15, 0.2) is 6.20 Å². The highest BCUT2D eigenvalue weighted by Gasteiger charge is 2.29. The summed E-state index contributed by atoms with van der Waals surface area (Å²) < 4.78 is 1.64. The Morgan fingerprint density at radius 1 is 1.48 bits per heavy atom. The third-order valence-corrected chi connectivity index (χ3v) is 3.81. The molecule has 1 aliphatic rings. The molecule has 1 aliphatic heterocycles. The van der Waals surface area contributed by atoms with Gasteiger partial charge in [0.25, 0.3) is 5.91 Å². The molecule has 0 aromatic carbocycles. The molecule has 0 spiro atoms. The summed E-state index contributed by atoms with van der Waals surface area (Å²) in [5.74, 6) is -0.630. The van der Waals surface area contributed by atoms with E-state index in [1.54, 1.807) is 22.8 Å². The second kappa shape index (κ2) is 6.71. The first-order chi connectivity index (χ1) is 10.0. The van der Waals surface area contributed by atoms with E-state index in [2.05, 4.69) is 10.4 Å². The van der Waals surface area contributed by atoms with Crippen molar-refractivity contribution in [3.05, 3.63) is 17.5 Å². The molecule has 2 rings (SSSR count). The van der Waals surface area contributed by atoms with Gasteiger partial charge in [0.2, 0.25) is 5.91 Å². The van der Waals surface area contributed by atoms with Gasteiger partial charge in [-0.2, -0.15) is 5.10 Å². The first-order valence-electron chi connectivity index (χ1n) is 7.35. The molecular weight excluding hydrogens is 270 g/mol. The molecular formula is C14H23N5O2. The van der Waals surface area contributed by atoms with Gasteiger partial charge < -0.3 is 16.0 Å². The SMILES string of the molecule is CCc1nn(C)cc1C(=O)N(CC(N)=O)C1CCNCC1. The summed E-state index contributed by atoms with van der Waals surface area (Å²) in [6.45, 7) is 3.62. The molecule has 0 bridgehead atoms. The highest BCUT2D eigenvalue weighted by Crippen LogP contribution is 2.17. The average Bonchev–Trinajstić information content (AvgIpc) is 2.86. The highest BCUT2D eigenvalue weighted by atomic mass is 16.2. The monoisotopic (exact) mass is 293 g/mol. The number of carbonyl (C=O) groups excluding carboxylic acids is 2.